The molecule has 7 rings (SSSR count). The molecule has 2 bridgehead atoms. The molecule has 0 N–H and O–H groups in total. The second-order valence-electron chi connectivity index (χ2n) is 8.93. The van der Waals surface area contributed by atoms with Crippen molar-refractivity contribution in [2.75, 3.05) is 13.7 Å². The molecule has 3 aromatic carbocycles. The smallest absolute Gasteiger partial charge is 0.343 e. The van der Waals surface area contributed by atoms with Crippen LogP contribution >= 0.6 is 0 Å². The van der Waals surface area contributed by atoms with Crippen molar-refractivity contribution >= 4 is 24.0 Å². The van der Waals surface area contributed by atoms with Gasteiger partial charge >= 0.3 is 5.97 Å². The lowest BCUT2D eigenvalue weighted by atomic mass is 9.55. The highest BCUT2D eigenvalue weighted by Gasteiger charge is 2.61. The van der Waals surface area contributed by atoms with Gasteiger partial charge in [0.1, 0.15) is 5.75 Å². The molecule has 2 atom stereocenters. The monoisotopic (exact) mass is 466 g/mol. The number of ether oxygens (including phenoxy) is 2. The number of hydrogen-bond donors (Lipinski definition) is 0. The normalized spacial score (nSPS) is 23.7. The Labute approximate surface area is 202 Å². The summed E-state index contributed by atoms with van der Waals surface area (Å²) in [6.07, 6.45) is 1.50. The summed E-state index contributed by atoms with van der Waals surface area (Å²) in [5.74, 6) is -1.70. The van der Waals surface area contributed by atoms with Crippen molar-refractivity contribution in [3.8, 4) is 5.75 Å². The minimum Gasteiger partial charge on any atom is -0.482 e. The van der Waals surface area contributed by atoms with Gasteiger partial charge in [-0.15, -0.1) is 0 Å². The Balaban J connectivity index is 1.28. The Kier molecular flexibility index (Phi) is 4.99. The minimum absolute atomic E-state index is 0.153. The van der Waals surface area contributed by atoms with E-state index in [-0.39, 0.29) is 30.3 Å². The topological polar surface area (TPSA) is 85.3 Å². The van der Waals surface area contributed by atoms with Crippen molar-refractivity contribution in [3.05, 3.63) is 101 Å². The van der Waals surface area contributed by atoms with Gasteiger partial charge in [0, 0.05) is 11.8 Å². The van der Waals surface area contributed by atoms with Gasteiger partial charge in [-0.3, -0.25) is 9.59 Å². The summed E-state index contributed by atoms with van der Waals surface area (Å²) in [5, 5.41) is 5.36. The molecule has 2 unspecified atom stereocenters. The highest BCUT2D eigenvalue weighted by Crippen LogP contribution is 2.60. The number of imide groups is 1. The first-order chi connectivity index (χ1) is 17.1. The number of carbonyl (C=O) groups is 3. The Bertz CT molecular complexity index is 1260. The first kappa shape index (κ1) is 21.3. The summed E-state index contributed by atoms with van der Waals surface area (Å²) in [4.78, 5) is 38.3. The maximum absolute atomic E-state index is 13.5. The van der Waals surface area contributed by atoms with E-state index in [2.05, 4.69) is 34.1 Å². The van der Waals surface area contributed by atoms with Gasteiger partial charge in [0.25, 0.3) is 11.8 Å². The molecule has 0 radical (unpaired) electrons. The molecule has 35 heavy (non-hydrogen) atoms. The van der Waals surface area contributed by atoms with Crippen LogP contribution in [-0.2, 0) is 19.1 Å². The first-order valence-corrected chi connectivity index (χ1v) is 11.5. The minimum atomic E-state index is -0.471. The van der Waals surface area contributed by atoms with E-state index in [4.69, 9.17) is 4.74 Å². The molecule has 7 heteroatoms. The summed E-state index contributed by atoms with van der Waals surface area (Å²) in [7, 11) is 1.30. The fraction of sp³-hybridized carbons (Fsp3) is 0.214. The van der Waals surface area contributed by atoms with Gasteiger partial charge in [-0.25, -0.2) is 4.79 Å². The Hall–Kier alpha value is -4.26. The molecule has 3 aliphatic carbocycles. The van der Waals surface area contributed by atoms with Crippen LogP contribution in [0.1, 0.15) is 39.7 Å². The molecule has 174 valence electrons. The fourth-order valence-electron chi connectivity index (χ4n) is 5.75. The maximum atomic E-state index is 13.5. The average Bonchev–Trinajstić information content (AvgIpc) is 3.16. The van der Waals surface area contributed by atoms with Crippen LogP contribution in [0.5, 0.6) is 5.75 Å². The van der Waals surface area contributed by atoms with E-state index < -0.39 is 17.8 Å². The Morgan fingerprint density at radius 1 is 0.829 bits per heavy atom. The highest BCUT2D eigenvalue weighted by atomic mass is 16.6. The number of rotatable bonds is 5. The lowest BCUT2D eigenvalue weighted by Crippen LogP contribution is -2.41. The van der Waals surface area contributed by atoms with Gasteiger partial charge < -0.3 is 9.47 Å². The number of benzene rings is 3. The fourth-order valence-corrected chi connectivity index (χ4v) is 5.75. The molecule has 3 aromatic rings. The van der Waals surface area contributed by atoms with Crippen LogP contribution in [0.2, 0.25) is 0 Å². The number of hydrazone groups is 1. The molecule has 2 amide bonds. The molecule has 1 fully saturated rings. The highest BCUT2D eigenvalue weighted by molar-refractivity contribution is 6.08. The third-order valence-corrected chi connectivity index (χ3v) is 7.21. The standard InChI is InChI=1S/C28H22N2O5/c1-34-22(31)15-35-17-12-10-16(11-13-17)14-29-30-27(32)25-23-18-6-2-3-7-19(18)24(26(25)28(30)33)21-9-5-4-8-20(21)23/h2-14,23-26H,15H2,1H3/b29-14+. The van der Waals surface area contributed by atoms with E-state index in [0.717, 1.165) is 27.3 Å². The maximum Gasteiger partial charge on any atom is 0.343 e. The molecule has 0 spiro atoms. The zero-order valence-electron chi connectivity index (χ0n) is 19.0. The lowest BCUT2D eigenvalue weighted by molar-refractivity contribution is -0.143. The zero-order valence-corrected chi connectivity index (χ0v) is 19.0. The van der Waals surface area contributed by atoms with E-state index >= 15 is 0 Å². The van der Waals surface area contributed by atoms with Crippen LogP contribution in [0.4, 0.5) is 0 Å². The van der Waals surface area contributed by atoms with Crippen molar-refractivity contribution in [1.29, 1.82) is 0 Å². The molecule has 1 heterocycles. The molecule has 0 saturated carbocycles. The molecule has 4 aliphatic rings. The quantitative estimate of drug-likeness (QED) is 0.327. The number of hydrogen-bond acceptors (Lipinski definition) is 6. The van der Waals surface area contributed by atoms with Gasteiger partial charge in [-0.2, -0.15) is 10.1 Å². The second kappa shape index (κ2) is 8.20. The lowest BCUT2D eigenvalue weighted by Gasteiger charge is -2.45. The number of methoxy groups -OCH3 is 1. The van der Waals surface area contributed by atoms with Crippen molar-refractivity contribution < 1.29 is 23.9 Å². The van der Waals surface area contributed by atoms with Gasteiger partial charge in [-0.05, 0) is 52.1 Å². The van der Waals surface area contributed by atoms with E-state index in [1.54, 1.807) is 24.3 Å². The van der Waals surface area contributed by atoms with Crippen molar-refractivity contribution in [3.63, 3.8) is 0 Å². The van der Waals surface area contributed by atoms with Crippen molar-refractivity contribution in [2.24, 2.45) is 16.9 Å². The summed E-state index contributed by atoms with van der Waals surface area (Å²) >= 11 is 0. The number of carbonyl (C=O) groups excluding carboxylic acids is 3. The summed E-state index contributed by atoms with van der Waals surface area (Å²) in [6, 6.07) is 23.1. The largest absolute Gasteiger partial charge is 0.482 e. The SMILES string of the molecule is COC(=O)COc1ccc(/C=N/N2C(=O)C3C4c5ccccc5C(c5ccccc54)C3C2=O)cc1. The van der Waals surface area contributed by atoms with Crippen LogP contribution in [0, 0.1) is 11.8 Å². The first-order valence-electron chi connectivity index (χ1n) is 11.5. The number of amides is 2. The molecule has 1 saturated heterocycles. The number of esters is 1. The van der Waals surface area contributed by atoms with Gasteiger partial charge in [0.15, 0.2) is 6.61 Å². The third-order valence-electron chi connectivity index (χ3n) is 7.21. The average molecular weight is 466 g/mol. The van der Waals surface area contributed by atoms with E-state index in [9.17, 15) is 14.4 Å². The van der Waals surface area contributed by atoms with Crippen LogP contribution < -0.4 is 4.74 Å². The zero-order chi connectivity index (χ0) is 24.1. The Morgan fingerprint density at radius 3 is 1.77 bits per heavy atom. The van der Waals surface area contributed by atoms with Gasteiger partial charge in [0.2, 0.25) is 0 Å². The summed E-state index contributed by atoms with van der Waals surface area (Å²) < 4.78 is 9.90. The molecular formula is C28H22N2O5. The second-order valence-corrected chi connectivity index (χ2v) is 8.93. The van der Waals surface area contributed by atoms with E-state index in [1.807, 2.05) is 24.3 Å². The van der Waals surface area contributed by atoms with Crippen LogP contribution in [0.25, 0.3) is 0 Å². The predicted molar refractivity (Wildman–Crippen MR) is 127 cm³/mol. The summed E-state index contributed by atoms with van der Waals surface area (Å²) in [6.45, 7) is -0.184. The van der Waals surface area contributed by atoms with Crippen LogP contribution in [-0.4, -0.2) is 42.7 Å². The van der Waals surface area contributed by atoms with E-state index in [0.29, 0.717) is 11.3 Å². The van der Waals surface area contributed by atoms with Gasteiger partial charge in [-0.1, -0.05) is 48.5 Å². The molecule has 1 aliphatic heterocycles. The van der Waals surface area contributed by atoms with Crippen LogP contribution in [0.3, 0.4) is 0 Å². The molecule has 7 nitrogen and oxygen atoms in total. The van der Waals surface area contributed by atoms with Crippen molar-refractivity contribution in [2.45, 2.75) is 11.8 Å². The van der Waals surface area contributed by atoms with E-state index in [1.165, 1.54) is 13.3 Å². The van der Waals surface area contributed by atoms with Gasteiger partial charge in [0.05, 0.1) is 25.2 Å². The van der Waals surface area contributed by atoms with Crippen LogP contribution in [0.15, 0.2) is 77.9 Å². The molecule has 0 aromatic heterocycles. The third kappa shape index (κ3) is 3.26. The van der Waals surface area contributed by atoms with Crippen molar-refractivity contribution in [1.82, 2.24) is 5.01 Å². The summed E-state index contributed by atoms with van der Waals surface area (Å²) in [5.41, 5.74) is 5.22. The molecular weight excluding hydrogens is 444 g/mol. The predicted octanol–water partition coefficient (Wildman–Crippen LogP) is 3.46. The Morgan fingerprint density at radius 2 is 1.31 bits per heavy atom. The number of nitrogens with zero attached hydrogens (tertiary/aromatic N) is 2.